The van der Waals surface area contributed by atoms with Gasteiger partial charge in [0.05, 0.1) is 12.4 Å². The van der Waals surface area contributed by atoms with Crippen molar-refractivity contribution in [2.75, 3.05) is 18.1 Å². The van der Waals surface area contributed by atoms with Crippen LogP contribution in [0.15, 0.2) is 30.3 Å². The Balaban J connectivity index is 1.69. The summed E-state index contributed by atoms with van der Waals surface area (Å²) in [6.07, 6.45) is 0. The summed E-state index contributed by atoms with van der Waals surface area (Å²) in [5, 5.41) is 0.694. The second-order valence-corrected chi connectivity index (χ2v) is 6.31. The van der Waals surface area contributed by atoms with Gasteiger partial charge in [-0.15, -0.1) is 0 Å². The van der Waals surface area contributed by atoms with Gasteiger partial charge in [0.2, 0.25) is 0 Å². The maximum absolute atomic E-state index is 12.1. The normalized spacial score (nSPS) is 10.6. The summed E-state index contributed by atoms with van der Waals surface area (Å²) >= 11 is 7.39. The standard InChI is InChI=1S/C16H18ClNO2S/c1-11-9-15(12(2)18-11)16(19)10-21-8-7-20-14-5-3-13(17)4-6-14/h3-6,9,18H,7-8,10H2,1-2H3. The van der Waals surface area contributed by atoms with Crippen LogP contribution >= 0.6 is 23.4 Å². The third-order valence-electron chi connectivity index (χ3n) is 2.99. The predicted octanol–water partition coefficient (Wildman–Crippen LogP) is 4.28. The summed E-state index contributed by atoms with van der Waals surface area (Å²) < 4.78 is 5.58. The van der Waals surface area contributed by atoms with Gasteiger partial charge in [0.1, 0.15) is 5.75 Å². The molecule has 1 aromatic carbocycles. The molecule has 0 aliphatic rings. The molecule has 112 valence electrons. The summed E-state index contributed by atoms with van der Waals surface area (Å²) in [7, 11) is 0. The fourth-order valence-corrected chi connectivity index (χ4v) is 2.82. The molecule has 0 saturated heterocycles. The summed E-state index contributed by atoms with van der Waals surface area (Å²) in [6, 6.07) is 9.17. The molecule has 21 heavy (non-hydrogen) atoms. The molecule has 0 aliphatic heterocycles. The van der Waals surface area contributed by atoms with Gasteiger partial charge in [0, 0.05) is 27.7 Å². The quantitative estimate of drug-likeness (QED) is 0.611. The van der Waals surface area contributed by atoms with Crippen molar-refractivity contribution >= 4 is 29.1 Å². The number of H-pyrrole nitrogens is 1. The van der Waals surface area contributed by atoms with Crippen LogP contribution in [0.25, 0.3) is 0 Å². The number of carbonyl (C=O) groups is 1. The summed E-state index contributed by atoms with van der Waals surface area (Å²) in [5.41, 5.74) is 2.75. The Hall–Kier alpha value is -1.39. The second-order valence-electron chi connectivity index (χ2n) is 4.77. The van der Waals surface area contributed by atoms with E-state index in [1.807, 2.05) is 32.0 Å². The Labute approximate surface area is 134 Å². The number of aromatic nitrogens is 1. The second kappa shape index (κ2) is 7.57. The lowest BCUT2D eigenvalue weighted by Gasteiger charge is -2.05. The Morgan fingerprint density at radius 3 is 2.62 bits per heavy atom. The Morgan fingerprint density at radius 1 is 1.29 bits per heavy atom. The van der Waals surface area contributed by atoms with Gasteiger partial charge >= 0.3 is 0 Å². The largest absolute Gasteiger partial charge is 0.493 e. The van der Waals surface area contributed by atoms with Crippen LogP contribution in [0.1, 0.15) is 21.7 Å². The maximum atomic E-state index is 12.1. The number of aromatic amines is 1. The molecule has 0 unspecified atom stereocenters. The van der Waals surface area contributed by atoms with Crippen LogP contribution in [0, 0.1) is 13.8 Å². The highest BCUT2D eigenvalue weighted by atomic mass is 35.5. The van der Waals surface area contributed by atoms with Gasteiger partial charge in [-0.05, 0) is 44.2 Å². The number of benzene rings is 1. The van der Waals surface area contributed by atoms with Crippen molar-refractivity contribution in [3.63, 3.8) is 0 Å². The van der Waals surface area contributed by atoms with Crippen molar-refractivity contribution in [2.24, 2.45) is 0 Å². The Bertz CT molecular complexity index is 607. The van der Waals surface area contributed by atoms with E-state index < -0.39 is 0 Å². The fraction of sp³-hybridized carbons (Fsp3) is 0.312. The first-order valence-electron chi connectivity index (χ1n) is 6.72. The molecule has 1 N–H and O–H groups in total. The highest BCUT2D eigenvalue weighted by Gasteiger charge is 2.11. The van der Waals surface area contributed by atoms with Crippen molar-refractivity contribution in [2.45, 2.75) is 13.8 Å². The molecule has 0 fully saturated rings. The van der Waals surface area contributed by atoms with E-state index in [9.17, 15) is 4.79 Å². The van der Waals surface area contributed by atoms with E-state index in [0.717, 1.165) is 28.5 Å². The number of thioether (sulfide) groups is 1. The fourth-order valence-electron chi connectivity index (χ4n) is 2.01. The Morgan fingerprint density at radius 2 is 2.00 bits per heavy atom. The van der Waals surface area contributed by atoms with E-state index in [4.69, 9.17) is 16.3 Å². The predicted molar refractivity (Wildman–Crippen MR) is 88.9 cm³/mol. The van der Waals surface area contributed by atoms with E-state index in [-0.39, 0.29) is 5.78 Å². The molecule has 1 aromatic heterocycles. The summed E-state index contributed by atoms with van der Waals surface area (Å²) in [5.74, 6) is 2.20. The molecule has 0 saturated carbocycles. The molecule has 0 amide bonds. The summed E-state index contributed by atoms with van der Waals surface area (Å²) in [6.45, 7) is 4.45. The SMILES string of the molecule is Cc1cc(C(=O)CSCCOc2ccc(Cl)cc2)c(C)[nH]1. The molecule has 5 heteroatoms. The average molecular weight is 324 g/mol. The van der Waals surface area contributed by atoms with Gasteiger partial charge in [-0.1, -0.05) is 11.6 Å². The molecule has 0 atom stereocenters. The van der Waals surface area contributed by atoms with E-state index in [0.29, 0.717) is 17.4 Å². The molecule has 2 aromatic rings. The molecular formula is C16H18ClNO2S. The zero-order chi connectivity index (χ0) is 15.2. The number of hydrogen-bond acceptors (Lipinski definition) is 3. The van der Waals surface area contributed by atoms with Crippen LogP contribution in [0.2, 0.25) is 5.02 Å². The minimum atomic E-state index is 0.161. The number of hydrogen-bond donors (Lipinski definition) is 1. The van der Waals surface area contributed by atoms with Gasteiger partial charge in [-0.3, -0.25) is 4.79 Å². The van der Waals surface area contributed by atoms with E-state index in [1.165, 1.54) is 0 Å². The molecule has 3 nitrogen and oxygen atoms in total. The third-order valence-corrected chi connectivity index (χ3v) is 4.17. The lowest BCUT2D eigenvalue weighted by atomic mass is 10.2. The number of Topliss-reactive ketones (excluding diaryl/α,β-unsaturated/α-hetero) is 1. The number of rotatable bonds is 7. The van der Waals surface area contributed by atoms with Crippen LogP contribution in [0.3, 0.4) is 0 Å². The molecular weight excluding hydrogens is 306 g/mol. The zero-order valence-electron chi connectivity index (χ0n) is 12.1. The highest BCUT2D eigenvalue weighted by molar-refractivity contribution is 8.00. The lowest BCUT2D eigenvalue weighted by Crippen LogP contribution is -2.06. The first kappa shape index (κ1) is 16.0. The monoisotopic (exact) mass is 323 g/mol. The van der Waals surface area contributed by atoms with Crippen molar-refractivity contribution in [3.8, 4) is 5.75 Å². The molecule has 0 aliphatic carbocycles. The van der Waals surface area contributed by atoms with Gasteiger partial charge in [-0.25, -0.2) is 0 Å². The number of halogens is 1. The zero-order valence-corrected chi connectivity index (χ0v) is 13.7. The molecule has 0 radical (unpaired) electrons. The minimum absolute atomic E-state index is 0.161. The average Bonchev–Trinajstić information content (AvgIpc) is 2.79. The number of aryl methyl sites for hydroxylation is 2. The van der Waals surface area contributed by atoms with Gasteiger partial charge in [0.25, 0.3) is 0 Å². The van der Waals surface area contributed by atoms with Crippen molar-refractivity contribution in [1.82, 2.24) is 4.98 Å². The molecule has 2 rings (SSSR count). The summed E-state index contributed by atoms with van der Waals surface area (Å²) in [4.78, 5) is 15.2. The van der Waals surface area contributed by atoms with E-state index in [2.05, 4.69) is 4.98 Å². The maximum Gasteiger partial charge on any atom is 0.174 e. The Kier molecular flexibility index (Phi) is 5.76. The van der Waals surface area contributed by atoms with Gasteiger partial charge in [0.15, 0.2) is 5.78 Å². The van der Waals surface area contributed by atoms with Crippen molar-refractivity contribution < 1.29 is 9.53 Å². The molecule has 0 spiro atoms. The molecule has 1 heterocycles. The number of nitrogens with one attached hydrogen (secondary N) is 1. The molecule has 0 bridgehead atoms. The van der Waals surface area contributed by atoms with Crippen LogP contribution in [-0.4, -0.2) is 28.9 Å². The van der Waals surface area contributed by atoms with E-state index >= 15 is 0 Å². The van der Waals surface area contributed by atoms with E-state index in [1.54, 1.807) is 23.9 Å². The van der Waals surface area contributed by atoms with Crippen LogP contribution < -0.4 is 4.74 Å². The minimum Gasteiger partial charge on any atom is -0.493 e. The smallest absolute Gasteiger partial charge is 0.174 e. The first-order valence-corrected chi connectivity index (χ1v) is 8.25. The van der Waals surface area contributed by atoms with Crippen molar-refractivity contribution in [3.05, 3.63) is 52.3 Å². The topological polar surface area (TPSA) is 42.1 Å². The van der Waals surface area contributed by atoms with Crippen LogP contribution in [0.5, 0.6) is 5.75 Å². The highest BCUT2D eigenvalue weighted by Crippen LogP contribution is 2.16. The van der Waals surface area contributed by atoms with Gasteiger partial charge < -0.3 is 9.72 Å². The number of ether oxygens (including phenoxy) is 1. The first-order chi connectivity index (χ1) is 10.1. The lowest BCUT2D eigenvalue weighted by molar-refractivity contribution is 0.102. The number of carbonyl (C=O) groups excluding carboxylic acids is 1. The van der Waals surface area contributed by atoms with Crippen LogP contribution in [0.4, 0.5) is 0 Å². The van der Waals surface area contributed by atoms with Gasteiger partial charge in [-0.2, -0.15) is 11.8 Å². The van der Waals surface area contributed by atoms with Crippen LogP contribution in [-0.2, 0) is 0 Å². The third kappa shape index (κ3) is 4.83. The van der Waals surface area contributed by atoms with Crippen molar-refractivity contribution in [1.29, 1.82) is 0 Å². The number of ketones is 1.